The average molecular weight is 689 g/mol. The summed E-state index contributed by atoms with van der Waals surface area (Å²) in [6, 6.07) is 32.8. The second-order valence-corrected chi connectivity index (χ2v) is 13.3. The molecule has 3 aromatic carbocycles. The number of hydrogen-bond donors (Lipinski definition) is 0. The van der Waals surface area contributed by atoms with Gasteiger partial charge in [0.05, 0.1) is 13.2 Å². The minimum Gasteiger partial charge on any atom is -0.378 e. The van der Waals surface area contributed by atoms with Gasteiger partial charge in [-0.3, -0.25) is 9.69 Å². The lowest BCUT2D eigenvalue weighted by Crippen LogP contribution is -2.51. The van der Waals surface area contributed by atoms with Crippen LogP contribution in [0.15, 0.2) is 115 Å². The molecule has 6 rings (SSSR count). The molecule has 1 unspecified atom stereocenters. The summed E-state index contributed by atoms with van der Waals surface area (Å²) in [5.41, 5.74) is 8.03. The lowest BCUT2D eigenvalue weighted by atomic mass is 10.0. The highest BCUT2D eigenvalue weighted by Gasteiger charge is 2.24. The Balaban J connectivity index is 0.000000226. The van der Waals surface area contributed by atoms with E-state index in [1.165, 1.54) is 16.8 Å². The van der Waals surface area contributed by atoms with E-state index in [0.717, 1.165) is 94.2 Å². The first-order valence-corrected chi connectivity index (χ1v) is 18.9. The molecule has 0 saturated carbocycles. The first kappa shape index (κ1) is 39.6. The summed E-state index contributed by atoms with van der Waals surface area (Å²) in [6.45, 7) is 18.1. The average Bonchev–Trinajstić information content (AvgIpc) is 3.53. The number of nitrogens with zero attached hydrogens (tertiary/aromatic N) is 4. The number of aryl methyl sites for hydroxylation is 1. The third kappa shape index (κ3) is 11.6. The highest BCUT2D eigenvalue weighted by Crippen LogP contribution is 2.30. The fourth-order valence-corrected chi connectivity index (χ4v) is 6.93. The number of aldehydes is 1. The van der Waals surface area contributed by atoms with Crippen LogP contribution in [-0.2, 0) is 17.7 Å². The van der Waals surface area contributed by atoms with E-state index in [9.17, 15) is 4.79 Å². The van der Waals surface area contributed by atoms with Crippen molar-refractivity contribution in [3.8, 4) is 5.69 Å². The molecule has 3 heterocycles. The van der Waals surface area contributed by atoms with Crippen molar-refractivity contribution in [2.75, 3.05) is 57.9 Å². The second-order valence-electron chi connectivity index (χ2n) is 13.3. The number of anilines is 1. The molecule has 1 aromatic heterocycles. The van der Waals surface area contributed by atoms with Crippen LogP contribution in [0, 0.1) is 6.92 Å². The minimum atomic E-state index is 0.145. The molecular formula is C45H60N4O2. The molecule has 2 fully saturated rings. The molecule has 4 aromatic rings. The van der Waals surface area contributed by atoms with Crippen molar-refractivity contribution in [2.45, 2.75) is 66.0 Å². The summed E-state index contributed by atoms with van der Waals surface area (Å²) in [5, 5.41) is 0. The number of carbonyl (C=O) groups is 1. The predicted molar refractivity (Wildman–Crippen MR) is 216 cm³/mol. The Morgan fingerprint density at radius 3 is 2.16 bits per heavy atom. The molecule has 2 aliphatic rings. The molecule has 6 nitrogen and oxygen atoms in total. The zero-order chi connectivity index (χ0) is 36.4. The Bertz CT molecular complexity index is 1640. The van der Waals surface area contributed by atoms with Crippen LogP contribution in [-0.4, -0.2) is 79.7 Å². The highest BCUT2D eigenvalue weighted by atomic mass is 16.5. The summed E-state index contributed by atoms with van der Waals surface area (Å²) in [6.07, 6.45) is 11.5. The number of likely N-dealkylation sites (N-methyl/N-ethyl adjacent to an activating group) is 1. The first-order chi connectivity index (χ1) is 25.0. The maximum absolute atomic E-state index is 11.7. The molecule has 0 amide bonds. The first-order valence-electron chi connectivity index (χ1n) is 18.9. The Morgan fingerprint density at radius 2 is 1.49 bits per heavy atom. The third-order valence-corrected chi connectivity index (χ3v) is 9.63. The molecule has 0 bridgehead atoms. The number of carbonyl (C=O) groups excluding carboxylic acids is 1. The Morgan fingerprint density at radius 1 is 0.824 bits per heavy atom. The maximum atomic E-state index is 11.7. The van der Waals surface area contributed by atoms with Crippen LogP contribution in [0.2, 0.25) is 0 Å². The van der Waals surface area contributed by atoms with Crippen LogP contribution in [0.25, 0.3) is 5.69 Å². The number of allylic oxidation sites excluding steroid dienone is 4. The molecule has 6 heteroatoms. The van der Waals surface area contributed by atoms with E-state index in [1.807, 2.05) is 26.8 Å². The van der Waals surface area contributed by atoms with Crippen LogP contribution in [0.3, 0.4) is 0 Å². The largest absolute Gasteiger partial charge is 0.378 e. The van der Waals surface area contributed by atoms with E-state index < -0.39 is 0 Å². The Hall–Kier alpha value is -4.23. The van der Waals surface area contributed by atoms with Crippen molar-refractivity contribution in [1.82, 2.24) is 14.4 Å². The van der Waals surface area contributed by atoms with E-state index in [2.05, 4.69) is 149 Å². The molecule has 2 aliphatic heterocycles. The van der Waals surface area contributed by atoms with Gasteiger partial charge in [0, 0.05) is 79.6 Å². The quantitative estimate of drug-likeness (QED) is 0.116. The molecule has 0 radical (unpaired) electrons. The van der Waals surface area contributed by atoms with Gasteiger partial charge in [-0.1, -0.05) is 112 Å². The van der Waals surface area contributed by atoms with E-state index in [1.54, 1.807) is 0 Å². The minimum absolute atomic E-state index is 0.145. The molecule has 0 spiro atoms. The van der Waals surface area contributed by atoms with Crippen molar-refractivity contribution in [2.24, 2.45) is 0 Å². The second kappa shape index (κ2) is 21.2. The maximum Gasteiger partial charge on any atom is 0.151 e. The molecule has 0 aliphatic carbocycles. The van der Waals surface area contributed by atoms with E-state index in [-0.39, 0.29) is 5.92 Å². The van der Waals surface area contributed by atoms with Crippen molar-refractivity contribution in [3.05, 3.63) is 143 Å². The molecule has 51 heavy (non-hydrogen) atoms. The number of rotatable bonds is 11. The van der Waals surface area contributed by atoms with Gasteiger partial charge in [0.25, 0.3) is 0 Å². The summed E-state index contributed by atoms with van der Waals surface area (Å²) in [7, 11) is 2.26. The van der Waals surface area contributed by atoms with Crippen molar-refractivity contribution in [3.63, 3.8) is 0 Å². The molecule has 0 N–H and O–H groups in total. The standard InChI is InChI=1S/C24H30N2O2.C19H24N2.C2H6/c1-4-5-6-7-9-19(2)24-21(18-27)16-20(3)26(24)23-11-8-10-22(17-23)25-12-14-28-15-13-25;1-20-12-13-21(15-18-10-6-3-7-11-18)16-19(20)14-17-8-4-2-5-9-17;1-2/h4-5,7-11,16-19H,6,12-15H2,1-3H3;2-11,19H,12-16H2,1H3;1-2H3/b5-4-,9-7-;;/t;19-;/m.1./s1. The van der Waals surface area contributed by atoms with E-state index >= 15 is 0 Å². The fourth-order valence-electron chi connectivity index (χ4n) is 6.93. The zero-order valence-corrected chi connectivity index (χ0v) is 31.9. The van der Waals surface area contributed by atoms with E-state index in [4.69, 9.17) is 4.74 Å². The van der Waals surface area contributed by atoms with Gasteiger partial charge in [0.2, 0.25) is 0 Å². The molecule has 2 atom stereocenters. The SMILES string of the molecule is C/C=C\C/C=C\C(C)c1c(C=O)cc(C)n1-c1cccc(N2CCOCC2)c1.CC.CN1CCN(Cc2ccccc2)C[C@H]1Cc1ccccc1. The molecule has 2 saturated heterocycles. The summed E-state index contributed by atoms with van der Waals surface area (Å²) >= 11 is 0. The highest BCUT2D eigenvalue weighted by molar-refractivity contribution is 5.78. The van der Waals surface area contributed by atoms with Crippen molar-refractivity contribution >= 4 is 12.0 Å². The number of morpholine rings is 1. The van der Waals surface area contributed by atoms with Gasteiger partial charge >= 0.3 is 0 Å². The van der Waals surface area contributed by atoms with Gasteiger partial charge in [-0.2, -0.15) is 0 Å². The number of aromatic nitrogens is 1. The topological polar surface area (TPSA) is 41.0 Å². The lowest BCUT2D eigenvalue weighted by Gasteiger charge is -2.39. The summed E-state index contributed by atoms with van der Waals surface area (Å²) < 4.78 is 7.70. The lowest BCUT2D eigenvalue weighted by molar-refractivity contribution is 0.0905. The summed E-state index contributed by atoms with van der Waals surface area (Å²) in [4.78, 5) is 19.2. The van der Waals surface area contributed by atoms with Crippen LogP contribution >= 0.6 is 0 Å². The number of benzene rings is 3. The normalized spacial score (nSPS) is 17.5. The number of piperazine rings is 1. The van der Waals surface area contributed by atoms with Crippen LogP contribution in [0.4, 0.5) is 5.69 Å². The fraction of sp³-hybridized carbons (Fsp3) is 0.400. The zero-order valence-electron chi connectivity index (χ0n) is 31.9. The van der Waals surface area contributed by atoms with Crippen molar-refractivity contribution < 1.29 is 9.53 Å². The van der Waals surface area contributed by atoms with E-state index in [0.29, 0.717) is 6.04 Å². The van der Waals surface area contributed by atoms with Crippen LogP contribution in [0.5, 0.6) is 0 Å². The van der Waals surface area contributed by atoms with Crippen molar-refractivity contribution in [1.29, 1.82) is 0 Å². The molecular weight excluding hydrogens is 629 g/mol. The summed E-state index contributed by atoms with van der Waals surface area (Å²) in [5.74, 6) is 0.145. The number of ether oxygens (including phenoxy) is 1. The van der Waals surface area contributed by atoms with Gasteiger partial charge in [-0.05, 0) is 69.1 Å². The van der Waals surface area contributed by atoms with Gasteiger partial charge < -0.3 is 19.1 Å². The Kier molecular flexibility index (Phi) is 16.4. The van der Waals surface area contributed by atoms with Crippen LogP contribution in [0.1, 0.15) is 72.9 Å². The number of hydrogen-bond acceptors (Lipinski definition) is 5. The molecule has 272 valence electrons. The van der Waals surface area contributed by atoms with Gasteiger partial charge in [-0.25, -0.2) is 0 Å². The van der Waals surface area contributed by atoms with Gasteiger partial charge in [0.1, 0.15) is 0 Å². The Labute approximate surface area is 308 Å². The predicted octanol–water partition coefficient (Wildman–Crippen LogP) is 9.13. The van der Waals surface area contributed by atoms with Crippen LogP contribution < -0.4 is 4.90 Å². The third-order valence-electron chi connectivity index (χ3n) is 9.63. The smallest absolute Gasteiger partial charge is 0.151 e. The van der Waals surface area contributed by atoms with Gasteiger partial charge in [0.15, 0.2) is 6.29 Å². The van der Waals surface area contributed by atoms with Gasteiger partial charge in [-0.15, -0.1) is 0 Å². The monoisotopic (exact) mass is 688 g/mol.